The van der Waals surface area contributed by atoms with Crippen LogP contribution in [0.4, 0.5) is 0 Å². The van der Waals surface area contributed by atoms with Crippen LogP contribution >= 0.6 is 0 Å². The molecule has 4 rings (SSSR count). The van der Waals surface area contributed by atoms with Gasteiger partial charge in [0.05, 0.1) is 0 Å². The molecule has 0 saturated heterocycles. The molecule has 1 atom stereocenters. The molecule has 0 aromatic heterocycles. The zero-order valence-corrected chi connectivity index (χ0v) is 14.3. The third kappa shape index (κ3) is 2.36. The number of aryl methyl sites for hydroxylation is 1. The van der Waals surface area contributed by atoms with E-state index >= 15 is 0 Å². The zero-order valence-electron chi connectivity index (χ0n) is 14.3. The van der Waals surface area contributed by atoms with Crippen LogP contribution in [0.1, 0.15) is 56.6 Å². The average molecular weight is 302 g/mol. The predicted molar refractivity (Wildman–Crippen MR) is 101 cm³/mol. The van der Waals surface area contributed by atoms with Crippen LogP contribution in [0.25, 0.3) is 21.5 Å². The maximum absolute atomic E-state index is 2.45. The lowest BCUT2D eigenvalue weighted by Crippen LogP contribution is -2.18. The van der Waals surface area contributed by atoms with Crippen molar-refractivity contribution in [1.29, 1.82) is 0 Å². The molecule has 0 spiro atoms. The van der Waals surface area contributed by atoms with Crippen molar-refractivity contribution < 1.29 is 0 Å². The molecule has 1 unspecified atom stereocenters. The van der Waals surface area contributed by atoms with E-state index in [9.17, 15) is 0 Å². The van der Waals surface area contributed by atoms with E-state index < -0.39 is 0 Å². The van der Waals surface area contributed by atoms with E-state index in [-0.39, 0.29) is 0 Å². The van der Waals surface area contributed by atoms with E-state index in [2.05, 4.69) is 62.4 Å². The van der Waals surface area contributed by atoms with Crippen LogP contribution in [0.2, 0.25) is 0 Å². The largest absolute Gasteiger partial charge is 0.0651 e. The number of hydrogen-bond donors (Lipinski definition) is 0. The molecule has 23 heavy (non-hydrogen) atoms. The summed E-state index contributed by atoms with van der Waals surface area (Å²) >= 11 is 0. The Morgan fingerprint density at radius 3 is 2.48 bits per heavy atom. The Morgan fingerprint density at radius 2 is 1.65 bits per heavy atom. The van der Waals surface area contributed by atoms with E-state index in [0.717, 1.165) is 11.8 Å². The van der Waals surface area contributed by atoms with E-state index in [1.807, 2.05) is 0 Å². The van der Waals surface area contributed by atoms with Gasteiger partial charge in [0.15, 0.2) is 0 Å². The molecule has 0 aliphatic heterocycles. The molecule has 0 heteroatoms. The lowest BCUT2D eigenvalue weighted by molar-refractivity contribution is 0.359. The minimum atomic E-state index is 0.768. The highest BCUT2D eigenvalue weighted by atomic mass is 14.3. The lowest BCUT2D eigenvalue weighted by Gasteiger charge is -2.32. The van der Waals surface area contributed by atoms with Crippen LogP contribution in [0.5, 0.6) is 0 Å². The molecule has 3 aromatic carbocycles. The summed E-state index contributed by atoms with van der Waals surface area (Å²) in [5, 5.41) is 5.69. The minimum Gasteiger partial charge on any atom is -0.0651 e. The van der Waals surface area contributed by atoms with Crippen molar-refractivity contribution in [1.82, 2.24) is 0 Å². The van der Waals surface area contributed by atoms with Gasteiger partial charge in [-0.25, -0.2) is 0 Å². The fraction of sp³-hybridized carbons (Fsp3) is 0.391. The molecule has 0 radical (unpaired) electrons. The summed E-state index contributed by atoms with van der Waals surface area (Å²) in [4.78, 5) is 0. The van der Waals surface area contributed by atoms with Crippen molar-refractivity contribution in [2.75, 3.05) is 0 Å². The maximum atomic E-state index is 2.45. The number of rotatable bonds is 3. The summed E-state index contributed by atoms with van der Waals surface area (Å²) in [6, 6.07) is 18.3. The van der Waals surface area contributed by atoms with Crippen molar-refractivity contribution in [2.45, 2.75) is 51.9 Å². The highest BCUT2D eigenvalue weighted by Crippen LogP contribution is 2.43. The van der Waals surface area contributed by atoms with Crippen molar-refractivity contribution in [3.8, 4) is 0 Å². The first kappa shape index (κ1) is 14.8. The maximum Gasteiger partial charge on any atom is -0.0102 e. The summed E-state index contributed by atoms with van der Waals surface area (Å²) in [5.74, 6) is 1.61. The Bertz CT molecular complexity index is 839. The van der Waals surface area contributed by atoms with Gasteiger partial charge in [0.1, 0.15) is 0 Å². The monoisotopic (exact) mass is 302 g/mol. The lowest BCUT2D eigenvalue weighted by atomic mass is 9.72. The van der Waals surface area contributed by atoms with Gasteiger partial charge in [-0.05, 0) is 63.8 Å². The Labute approximate surface area is 139 Å². The number of hydrogen-bond acceptors (Lipinski definition) is 0. The van der Waals surface area contributed by atoms with E-state index in [1.165, 1.54) is 53.6 Å². The molecule has 0 bridgehead atoms. The smallest absolute Gasteiger partial charge is 0.0102 e. The molecule has 118 valence electrons. The fourth-order valence-corrected chi connectivity index (χ4v) is 4.80. The second-order valence-electron chi connectivity index (χ2n) is 7.09. The summed E-state index contributed by atoms with van der Waals surface area (Å²) in [7, 11) is 0. The van der Waals surface area contributed by atoms with Crippen LogP contribution in [0.3, 0.4) is 0 Å². The van der Waals surface area contributed by atoms with Gasteiger partial charge in [-0.2, -0.15) is 0 Å². The molecular weight excluding hydrogens is 276 g/mol. The van der Waals surface area contributed by atoms with E-state index in [4.69, 9.17) is 0 Å². The van der Waals surface area contributed by atoms with Gasteiger partial charge in [0.25, 0.3) is 0 Å². The molecule has 3 aromatic rings. The second-order valence-corrected chi connectivity index (χ2v) is 7.09. The SMILES string of the molecule is CCC(CC)C1CCCc2c1ccc1c2ccc2ccccc21. The third-order valence-corrected chi connectivity index (χ3v) is 6.03. The Morgan fingerprint density at radius 1 is 0.870 bits per heavy atom. The molecule has 1 aliphatic carbocycles. The van der Waals surface area contributed by atoms with E-state index in [1.54, 1.807) is 11.1 Å². The van der Waals surface area contributed by atoms with Gasteiger partial charge in [-0.3, -0.25) is 0 Å². The first-order valence-corrected chi connectivity index (χ1v) is 9.26. The molecule has 0 N–H and O–H groups in total. The predicted octanol–water partition coefficient (Wildman–Crippen LogP) is 6.85. The summed E-state index contributed by atoms with van der Waals surface area (Å²) in [6.45, 7) is 4.72. The second kappa shape index (κ2) is 6.00. The normalized spacial score (nSPS) is 17.8. The van der Waals surface area contributed by atoms with Crippen LogP contribution in [-0.2, 0) is 6.42 Å². The zero-order chi connectivity index (χ0) is 15.8. The minimum absolute atomic E-state index is 0.768. The average Bonchev–Trinajstić information content (AvgIpc) is 2.62. The highest BCUT2D eigenvalue weighted by Gasteiger charge is 2.27. The van der Waals surface area contributed by atoms with Crippen LogP contribution in [-0.4, -0.2) is 0 Å². The summed E-state index contributed by atoms with van der Waals surface area (Å²) in [5.41, 5.74) is 3.28. The molecule has 0 fully saturated rings. The van der Waals surface area contributed by atoms with Crippen molar-refractivity contribution in [2.24, 2.45) is 5.92 Å². The molecule has 1 aliphatic rings. The van der Waals surface area contributed by atoms with Gasteiger partial charge in [0, 0.05) is 0 Å². The first-order chi connectivity index (χ1) is 11.3. The third-order valence-electron chi connectivity index (χ3n) is 6.03. The van der Waals surface area contributed by atoms with Crippen LogP contribution < -0.4 is 0 Å². The summed E-state index contributed by atoms with van der Waals surface area (Å²) in [6.07, 6.45) is 6.58. The van der Waals surface area contributed by atoms with E-state index in [0.29, 0.717) is 0 Å². The van der Waals surface area contributed by atoms with Gasteiger partial charge in [0.2, 0.25) is 0 Å². The fourth-order valence-electron chi connectivity index (χ4n) is 4.80. The van der Waals surface area contributed by atoms with Gasteiger partial charge < -0.3 is 0 Å². The van der Waals surface area contributed by atoms with Gasteiger partial charge in [-0.15, -0.1) is 0 Å². The van der Waals surface area contributed by atoms with Gasteiger partial charge in [-0.1, -0.05) is 75.2 Å². The first-order valence-electron chi connectivity index (χ1n) is 9.26. The molecule has 0 saturated carbocycles. The van der Waals surface area contributed by atoms with Crippen molar-refractivity contribution >= 4 is 21.5 Å². The van der Waals surface area contributed by atoms with Crippen molar-refractivity contribution in [3.05, 3.63) is 59.7 Å². The Kier molecular flexibility index (Phi) is 3.85. The Balaban J connectivity index is 1.94. The van der Waals surface area contributed by atoms with Gasteiger partial charge >= 0.3 is 0 Å². The van der Waals surface area contributed by atoms with Crippen LogP contribution in [0.15, 0.2) is 48.5 Å². The van der Waals surface area contributed by atoms with Crippen LogP contribution in [0, 0.1) is 5.92 Å². The standard InChI is InChI=1S/C23H26/c1-3-16(4-2)18-10-7-11-20-21(18)14-15-22-19-9-6-5-8-17(19)12-13-23(20)22/h5-6,8-9,12-16,18H,3-4,7,10-11H2,1-2H3. The quantitative estimate of drug-likeness (QED) is 0.464. The number of benzene rings is 3. The molecule has 0 amide bonds. The molecular formula is C23H26. The number of fused-ring (bicyclic) bond motifs is 5. The summed E-state index contributed by atoms with van der Waals surface area (Å²) < 4.78 is 0. The molecule has 0 heterocycles. The highest BCUT2D eigenvalue weighted by molar-refractivity contribution is 6.08. The van der Waals surface area contributed by atoms with Crippen molar-refractivity contribution in [3.63, 3.8) is 0 Å². The Hall–Kier alpha value is -1.82. The topological polar surface area (TPSA) is 0 Å². The molecule has 0 nitrogen and oxygen atoms in total.